The van der Waals surface area contributed by atoms with E-state index >= 15 is 0 Å². The summed E-state index contributed by atoms with van der Waals surface area (Å²) in [5.41, 5.74) is 1.67. The molecule has 0 saturated carbocycles. The van der Waals surface area contributed by atoms with Crippen LogP contribution in [0.5, 0.6) is 0 Å². The molecule has 26 heavy (non-hydrogen) atoms. The fraction of sp³-hybridized carbons (Fsp3) is 0.588. The van der Waals surface area contributed by atoms with Gasteiger partial charge in [0.05, 0.1) is 17.9 Å². The van der Waals surface area contributed by atoms with Crippen molar-refractivity contribution in [2.45, 2.75) is 18.9 Å². The molecule has 2 aliphatic rings. The number of anilines is 2. The van der Waals surface area contributed by atoms with Crippen LogP contribution in [0.1, 0.15) is 23.2 Å². The maximum absolute atomic E-state index is 12.8. The van der Waals surface area contributed by atoms with E-state index in [2.05, 4.69) is 20.3 Å². The first-order chi connectivity index (χ1) is 12.4. The minimum Gasteiger partial charge on any atom is -0.376 e. The Hall–Kier alpha value is -1.84. The molecule has 1 aromatic carbocycles. The lowest BCUT2D eigenvalue weighted by Gasteiger charge is -2.31. The molecule has 2 heterocycles. The SMILES string of the molecule is CS(=O)(=O)Nc1ccc(N2CCNCC2)c(C(=O)NCC2CCCO2)c1. The Bertz CT molecular complexity index is 741. The van der Waals surface area contributed by atoms with Gasteiger partial charge in [-0.15, -0.1) is 0 Å². The van der Waals surface area contributed by atoms with E-state index in [1.165, 1.54) is 0 Å². The number of carbonyl (C=O) groups is 1. The predicted octanol–water partition coefficient (Wildman–Crippen LogP) is 0.377. The summed E-state index contributed by atoms with van der Waals surface area (Å²) >= 11 is 0. The number of amides is 1. The second-order valence-corrected chi connectivity index (χ2v) is 8.44. The van der Waals surface area contributed by atoms with Gasteiger partial charge in [-0.25, -0.2) is 8.42 Å². The molecule has 9 heteroatoms. The molecule has 1 amide bonds. The summed E-state index contributed by atoms with van der Waals surface area (Å²) in [5.74, 6) is -0.216. The van der Waals surface area contributed by atoms with Crippen molar-refractivity contribution >= 4 is 27.3 Å². The van der Waals surface area contributed by atoms with Crippen molar-refractivity contribution in [1.82, 2.24) is 10.6 Å². The Morgan fingerprint density at radius 2 is 2.12 bits per heavy atom. The zero-order valence-electron chi connectivity index (χ0n) is 15.0. The number of hydrogen-bond donors (Lipinski definition) is 3. The second-order valence-electron chi connectivity index (χ2n) is 6.69. The second kappa shape index (κ2) is 8.24. The highest BCUT2D eigenvalue weighted by molar-refractivity contribution is 7.92. The van der Waals surface area contributed by atoms with E-state index in [4.69, 9.17) is 4.74 Å². The number of nitrogens with zero attached hydrogens (tertiary/aromatic N) is 1. The average Bonchev–Trinajstić information content (AvgIpc) is 3.12. The highest BCUT2D eigenvalue weighted by Gasteiger charge is 2.21. The molecule has 3 rings (SSSR count). The number of ether oxygens (including phenoxy) is 1. The van der Waals surface area contributed by atoms with Gasteiger partial charge in [-0.3, -0.25) is 9.52 Å². The number of carbonyl (C=O) groups excluding carboxylic acids is 1. The van der Waals surface area contributed by atoms with Gasteiger partial charge >= 0.3 is 0 Å². The summed E-state index contributed by atoms with van der Waals surface area (Å²) < 4.78 is 31.0. The van der Waals surface area contributed by atoms with Crippen molar-refractivity contribution in [2.75, 3.05) is 55.2 Å². The summed E-state index contributed by atoms with van der Waals surface area (Å²) in [5, 5.41) is 6.21. The molecule has 2 fully saturated rings. The average molecular weight is 382 g/mol. The van der Waals surface area contributed by atoms with Crippen LogP contribution >= 0.6 is 0 Å². The molecule has 8 nitrogen and oxygen atoms in total. The minimum atomic E-state index is -3.41. The minimum absolute atomic E-state index is 0.0545. The van der Waals surface area contributed by atoms with E-state index < -0.39 is 10.0 Å². The summed E-state index contributed by atoms with van der Waals surface area (Å²) in [6.07, 6.45) is 3.11. The van der Waals surface area contributed by atoms with Gasteiger partial charge in [0.25, 0.3) is 5.91 Å². The van der Waals surface area contributed by atoms with Gasteiger partial charge in [0.2, 0.25) is 10.0 Å². The van der Waals surface area contributed by atoms with Crippen molar-refractivity contribution in [3.63, 3.8) is 0 Å². The maximum atomic E-state index is 12.8. The molecule has 0 bridgehead atoms. The first-order valence-electron chi connectivity index (χ1n) is 8.90. The van der Waals surface area contributed by atoms with Crippen LogP contribution in [-0.4, -0.2) is 66.0 Å². The molecule has 1 aromatic rings. The zero-order chi connectivity index (χ0) is 18.6. The molecule has 0 radical (unpaired) electrons. The third-order valence-electron chi connectivity index (χ3n) is 4.52. The Labute approximate surface area is 154 Å². The van der Waals surface area contributed by atoms with Crippen molar-refractivity contribution < 1.29 is 17.9 Å². The van der Waals surface area contributed by atoms with Crippen LogP contribution in [0.4, 0.5) is 11.4 Å². The normalized spacial score (nSPS) is 20.8. The fourth-order valence-corrected chi connectivity index (χ4v) is 3.84. The van der Waals surface area contributed by atoms with Gasteiger partial charge in [0, 0.05) is 50.7 Å². The number of hydrogen-bond acceptors (Lipinski definition) is 6. The van der Waals surface area contributed by atoms with E-state index in [0.717, 1.165) is 57.6 Å². The molecule has 144 valence electrons. The number of sulfonamides is 1. The van der Waals surface area contributed by atoms with E-state index in [0.29, 0.717) is 17.8 Å². The Morgan fingerprint density at radius 3 is 2.77 bits per heavy atom. The Morgan fingerprint density at radius 1 is 1.35 bits per heavy atom. The predicted molar refractivity (Wildman–Crippen MR) is 101 cm³/mol. The first kappa shape index (κ1) is 18.9. The number of nitrogens with one attached hydrogen (secondary N) is 3. The van der Waals surface area contributed by atoms with Crippen LogP contribution in [-0.2, 0) is 14.8 Å². The van der Waals surface area contributed by atoms with E-state index in [9.17, 15) is 13.2 Å². The zero-order valence-corrected chi connectivity index (χ0v) is 15.8. The maximum Gasteiger partial charge on any atom is 0.253 e. The summed E-state index contributed by atoms with van der Waals surface area (Å²) in [7, 11) is -3.41. The quantitative estimate of drug-likeness (QED) is 0.658. The van der Waals surface area contributed by atoms with E-state index in [1.54, 1.807) is 18.2 Å². The molecule has 1 atom stereocenters. The van der Waals surface area contributed by atoms with Gasteiger partial charge in [0.15, 0.2) is 0 Å². The van der Waals surface area contributed by atoms with Crippen molar-refractivity contribution in [3.05, 3.63) is 23.8 Å². The van der Waals surface area contributed by atoms with Gasteiger partial charge in [-0.1, -0.05) is 0 Å². The highest BCUT2D eigenvalue weighted by Crippen LogP contribution is 2.25. The molecule has 0 spiro atoms. The third kappa shape index (κ3) is 5.09. The standard InChI is InChI=1S/C17H26N4O4S/c1-26(23,24)20-13-4-5-16(21-8-6-18-7-9-21)15(11-13)17(22)19-12-14-3-2-10-25-14/h4-5,11,14,18,20H,2-3,6-10,12H2,1H3,(H,19,22). The number of rotatable bonds is 6. The van der Waals surface area contributed by atoms with Gasteiger partial charge in [-0.05, 0) is 31.0 Å². The van der Waals surface area contributed by atoms with Crippen LogP contribution in [0, 0.1) is 0 Å². The van der Waals surface area contributed by atoms with Crippen LogP contribution in [0.25, 0.3) is 0 Å². The smallest absolute Gasteiger partial charge is 0.253 e. The summed E-state index contributed by atoms with van der Waals surface area (Å²) in [6.45, 7) is 4.49. The fourth-order valence-electron chi connectivity index (χ4n) is 3.28. The first-order valence-corrected chi connectivity index (χ1v) is 10.8. The van der Waals surface area contributed by atoms with Crippen LogP contribution in [0.3, 0.4) is 0 Å². The van der Waals surface area contributed by atoms with Crippen LogP contribution in [0.15, 0.2) is 18.2 Å². The molecule has 3 N–H and O–H groups in total. The molecule has 1 unspecified atom stereocenters. The molecular weight excluding hydrogens is 356 g/mol. The van der Waals surface area contributed by atoms with Crippen molar-refractivity contribution in [3.8, 4) is 0 Å². The molecule has 0 aromatic heterocycles. The van der Waals surface area contributed by atoms with E-state index in [-0.39, 0.29) is 12.0 Å². The number of benzene rings is 1. The summed E-state index contributed by atoms with van der Waals surface area (Å²) in [6, 6.07) is 5.10. The van der Waals surface area contributed by atoms with Gasteiger partial charge < -0.3 is 20.3 Å². The van der Waals surface area contributed by atoms with Gasteiger partial charge in [-0.2, -0.15) is 0 Å². The van der Waals surface area contributed by atoms with Crippen LogP contribution < -0.4 is 20.3 Å². The third-order valence-corrected chi connectivity index (χ3v) is 5.12. The molecular formula is C17H26N4O4S. The lowest BCUT2D eigenvalue weighted by Crippen LogP contribution is -2.44. The Kier molecular flexibility index (Phi) is 6.00. The topological polar surface area (TPSA) is 99.8 Å². The van der Waals surface area contributed by atoms with Crippen LogP contribution in [0.2, 0.25) is 0 Å². The van der Waals surface area contributed by atoms with Crippen molar-refractivity contribution in [2.24, 2.45) is 0 Å². The monoisotopic (exact) mass is 382 g/mol. The number of piperazine rings is 1. The van der Waals surface area contributed by atoms with E-state index in [1.807, 2.05) is 0 Å². The molecule has 2 aliphatic heterocycles. The Balaban J connectivity index is 1.81. The lowest BCUT2D eigenvalue weighted by atomic mass is 10.1. The largest absolute Gasteiger partial charge is 0.376 e. The highest BCUT2D eigenvalue weighted by atomic mass is 32.2. The molecule has 0 aliphatic carbocycles. The summed E-state index contributed by atoms with van der Waals surface area (Å²) in [4.78, 5) is 14.9. The molecule has 2 saturated heterocycles. The lowest BCUT2D eigenvalue weighted by molar-refractivity contribution is 0.0858. The van der Waals surface area contributed by atoms with Crippen molar-refractivity contribution in [1.29, 1.82) is 0 Å². The van der Waals surface area contributed by atoms with Gasteiger partial charge in [0.1, 0.15) is 0 Å².